The molecule has 1 aliphatic rings. The van der Waals surface area contributed by atoms with Gasteiger partial charge >= 0.3 is 5.97 Å². The molecule has 0 saturated heterocycles. The van der Waals surface area contributed by atoms with E-state index in [4.69, 9.17) is 15.2 Å². The van der Waals surface area contributed by atoms with E-state index in [-0.39, 0.29) is 11.6 Å². The third kappa shape index (κ3) is 3.46. The molecule has 1 fully saturated rings. The van der Waals surface area contributed by atoms with E-state index in [0.717, 1.165) is 25.7 Å². The smallest absolute Gasteiger partial charge is 0.326 e. The van der Waals surface area contributed by atoms with Crippen LogP contribution in [-0.4, -0.2) is 30.8 Å². The summed E-state index contributed by atoms with van der Waals surface area (Å²) in [6.45, 7) is 4.31. The molecule has 1 rings (SSSR count). The highest BCUT2D eigenvalue weighted by Crippen LogP contribution is 2.28. The summed E-state index contributed by atoms with van der Waals surface area (Å²) in [5.41, 5.74) is 5.00. The summed E-state index contributed by atoms with van der Waals surface area (Å²) in [6, 6.07) is 0. The molecule has 0 unspecified atom stereocenters. The highest BCUT2D eigenvalue weighted by molar-refractivity contribution is 5.80. The lowest BCUT2D eigenvalue weighted by molar-refractivity contribution is -0.151. The Morgan fingerprint density at radius 1 is 1.38 bits per heavy atom. The van der Waals surface area contributed by atoms with Crippen molar-refractivity contribution >= 4 is 5.97 Å². The zero-order valence-corrected chi connectivity index (χ0v) is 10.5. The van der Waals surface area contributed by atoms with Crippen molar-refractivity contribution in [2.24, 2.45) is 5.73 Å². The number of nitrogens with two attached hydrogens (primary N) is 1. The second-order valence-corrected chi connectivity index (χ2v) is 5.21. The van der Waals surface area contributed by atoms with Crippen molar-refractivity contribution in [1.29, 1.82) is 0 Å². The van der Waals surface area contributed by atoms with Crippen molar-refractivity contribution in [2.75, 3.05) is 13.7 Å². The van der Waals surface area contributed by atoms with Crippen LogP contribution in [0.25, 0.3) is 0 Å². The van der Waals surface area contributed by atoms with Crippen molar-refractivity contribution < 1.29 is 14.3 Å². The van der Waals surface area contributed by atoms with E-state index in [1.807, 2.05) is 13.8 Å². The third-order valence-electron chi connectivity index (χ3n) is 3.39. The van der Waals surface area contributed by atoms with Gasteiger partial charge in [-0.2, -0.15) is 0 Å². The summed E-state index contributed by atoms with van der Waals surface area (Å²) >= 11 is 0. The average molecular weight is 229 g/mol. The summed E-state index contributed by atoms with van der Waals surface area (Å²) in [4.78, 5) is 11.8. The summed E-state index contributed by atoms with van der Waals surface area (Å²) in [7, 11) is 1.66. The van der Waals surface area contributed by atoms with E-state index >= 15 is 0 Å². The van der Waals surface area contributed by atoms with E-state index in [1.54, 1.807) is 7.11 Å². The Balaban J connectivity index is 2.30. The second-order valence-electron chi connectivity index (χ2n) is 5.21. The standard InChI is InChI=1S/C12H23NO3/c1-11(2,15-3)8-9-16-10(14)12(13)6-4-5-7-12/h4-9,13H2,1-3H3. The highest BCUT2D eigenvalue weighted by atomic mass is 16.5. The molecule has 0 aromatic rings. The SMILES string of the molecule is COC(C)(C)CCOC(=O)C1(N)CCCC1. The normalized spacial score (nSPS) is 19.8. The van der Waals surface area contributed by atoms with Gasteiger partial charge in [-0.05, 0) is 26.7 Å². The van der Waals surface area contributed by atoms with Gasteiger partial charge in [-0.15, -0.1) is 0 Å². The monoisotopic (exact) mass is 229 g/mol. The Morgan fingerprint density at radius 3 is 2.44 bits per heavy atom. The van der Waals surface area contributed by atoms with Gasteiger partial charge in [0.1, 0.15) is 5.54 Å². The molecular weight excluding hydrogens is 206 g/mol. The van der Waals surface area contributed by atoms with Gasteiger partial charge in [0.2, 0.25) is 0 Å². The van der Waals surface area contributed by atoms with Crippen molar-refractivity contribution in [3.05, 3.63) is 0 Å². The summed E-state index contributed by atoms with van der Waals surface area (Å²) in [5.74, 6) is -0.253. The molecular formula is C12H23NO3. The molecule has 0 amide bonds. The number of ether oxygens (including phenoxy) is 2. The van der Waals surface area contributed by atoms with Gasteiger partial charge in [0.05, 0.1) is 12.2 Å². The highest BCUT2D eigenvalue weighted by Gasteiger charge is 2.38. The van der Waals surface area contributed by atoms with Crippen LogP contribution >= 0.6 is 0 Å². The number of carbonyl (C=O) groups is 1. The zero-order chi connectivity index (χ0) is 12.2. The molecule has 0 aromatic carbocycles. The number of esters is 1. The topological polar surface area (TPSA) is 61.5 Å². The van der Waals surface area contributed by atoms with Gasteiger partial charge in [-0.3, -0.25) is 4.79 Å². The van der Waals surface area contributed by atoms with Crippen LogP contribution in [-0.2, 0) is 14.3 Å². The Labute approximate surface area is 97.5 Å². The van der Waals surface area contributed by atoms with Crippen LogP contribution in [0.1, 0.15) is 46.0 Å². The van der Waals surface area contributed by atoms with Crippen molar-refractivity contribution in [1.82, 2.24) is 0 Å². The number of hydrogen-bond donors (Lipinski definition) is 1. The van der Waals surface area contributed by atoms with Crippen LogP contribution in [0.2, 0.25) is 0 Å². The largest absolute Gasteiger partial charge is 0.464 e. The summed E-state index contributed by atoms with van der Waals surface area (Å²) in [5, 5.41) is 0. The maximum Gasteiger partial charge on any atom is 0.326 e. The van der Waals surface area contributed by atoms with Gasteiger partial charge in [0.15, 0.2) is 0 Å². The molecule has 16 heavy (non-hydrogen) atoms. The minimum atomic E-state index is -0.725. The molecule has 2 N–H and O–H groups in total. The number of hydrogen-bond acceptors (Lipinski definition) is 4. The predicted octanol–water partition coefficient (Wildman–Crippen LogP) is 1.62. The van der Waals surface area contributed by atoms with Crippen LogP contribution in [0.15, 0.2) is 0 Å². The molecule has 4 nitrogen and oxygen atoms in total. The van der Waals surface area contributed by atoms with Gasteiger partial charge in [-0.1, -0.05) is 12.8 Å². The molecule has 0 aromatic heterocycles. The van der Waals surface area contributed by atoms with Crippen molar-refractivity contribution in [3.63, 3.8) is 0 Å². The number of methoxy groups -OCH3 is 1. The fraction of sp³-hybridized carbons (Fsp3) is 0.917. The average Bonchev–Trinajstić information content (AvgIpc) is 2.66. The van der Waals surface area contributed by atoms with Crippen LogP contribution in [0.4, 0.5) is 0 Å². The molecule has 0 atom stereocenters. The van der Waals surface area contributed by atoms with Gasteiger partial charge in [-0.25, -0.2) is 0 Å². The van der Waals surface area contributed by atoms with Gasteiger partial charge in [0, 0.05) is 13.5 Å². The molecule has 1 saturated carbocycles. The molecule has 0 bridgehead atoms. The summed E-state index contributed by atoms with van der Waals surface area (Å²) in [6.07, 6.45) is 4.23. The molecule has 0 radical (unpaired) electrons. The molecule has 1 aliphatic carbocycles. The van der Waals surface area contributed by atoms with Crippen LogP contribution in [0.5, 0.6) is 0 Å². The first-order valence-electron chi connectivity index (χ1n) is 5.91. The summed E-state index contributed by atoms with van der Waals surface area (Å²) < 4.78 is 10.5. The van der Waals surface area contributed by atoms with Crippen LogP contribution in [0.3, 0.4) is 0 Å². The van der Waals surface area contributed by atoms with E-state index in [2.05, 4.69) is 0 Å². The second kappa shape index (κ2) is 5.15. The van der Waals surface area contributed by atoms with Gasteiger partial charge in [0.25, 0.3) is 0 Å². The lowest BCUT2D eigenvalue weighted by atomic mass is 10.00. The molecule has 4 heteroatoms. The zero-order valence-electron chi connectivity index (χ0n) is 10.5. The number of rotatable bonds is 5. The van der Waals surface area contributed by atoms with Crippen molar-refractivity contribution in [3.8, 4) is 0 Å². The lowest BCUT2D eigenvalue weighted by Gasteiger charge is -2.25. The fourth-order valence-corrected chi connectivity index (χ4v) is 1.85. The fourth-order valence-electron chi connectivity index (χ4n) is 1.85. The van der Waals surface area contributed by atoms with E-state index in [1.165, 1.54) is 0 Å². The molecule has 0 heterocycles. The minimum absolute atomic E-state index is 0.252. The predicted molar refractivity (Wildman–Crippen MR) is 62.1 cm³/mol. The number of carbonyl (C=O) groups excluding carboxylic acids is 1. The Hall–Kier alpha value is -0.610. The van der Waals surface area contributed by atoms with Gasteiger partial charge < -0.3 is 15.2 Å². The lowest BCUT2D eigenvalue weighted by Crippen LogP contribution is -2.46. The maximum absolute atomic E-state index is 11.8. The van der Waals surface area contributed by atoms with E-state index in [0.29, 0.717) is 13.0 Å². The molecule has 0 aliphatic heterocycles. The first-order chi connectivity index (χ1) is 7.40. The minimum Gasteiger partial charge on any atom is -0.464 e. The quantitative estimate of drug-likeness (QED) is 0.728. The first kappa shape index (κ1) is 13.5. The first-order valence-corrected chi connectivity index (χ1v) is 5.91. The third-order valence-corrected chi connectivity index (χ3v) is 3.39. The Bertz CT molecular complexity index is 245. The Morgan fingerprint density at radius 2 is 1.94 bits per heavy atom. The maximum atomic E-state index is 11.8. The van der Waals surface area contributed by atoms with Crippen LogP contribution in [0, 0.1) is 0 Å². The molecule has 94 valence electrons. The molecule has 0 spiro atoms. The Kier molecular flexibility index (Phi) is 4.33. The van der Waals surface area contributed by atoms with E-state index in [9.17, 15) is 4.79 Å². The van der Waals surface area contributed by atoms with Crippen molar-refractivity contribution in [2.45, 2.75) is 57.1 Å². The van der Waals surface area contributed by atoms with Crippen LogP contribution < -0.4 is 5.73 Å². The van der Waals surface area contributed by atoms with E-state index < -0.39 is 5.54 Å².